The van der Waals surface area contributed by atoms with Crippen LogP contribution >= 0.6 is 0 Å². The normalized spacial score (nSPS) is 17.4. The summed E-state index contributed by atoms with van der Waals surface area (Å²) in [6.45, 7) is 9.15. The molecule has 0 aromatic heterocycles. The molecule has 0 heterocycles. The predicted octanol–water partition coefficient (Wildman–Crippen LogP) is 2.15. The Morgan fingerprint density at radius 2 is 1.90 bits per heavy atom. The Labute approximate surface area is 64.8 Å². The van der Waals surface area contributed by atoms with Crippen LogP contribution in [0.1, 0.15) is 20.8 Å². The zero-order chi connectivity index (χ0) is 8.20. The highest BCUT2D eigenvalue weighted by molar-refractivity contribution is 6.67. The van der Waals surface area contributed by atoms with Crippen molar-refractivity contribution in [1.82, 2.24) is 0 Å². The van der Waals surface area contributed by atoms with Gasteiger partial charge in [0.1, 0.15) is 0 Å². The van der Waals surface area contributed by atoms with E-state index in [4.69, 9.17) is 8.85 Å². The van der Waals surface area contributed by atoms with Crippen molar-refractivity contribution in [3.63, 3.8) is 0 Å². The molecule has 62 valence electrons. The summed E-state index contributed by atoms with van der Waals surface area (Å²) in [6.07, 6.45) is 0. The summed E-state index contributed by atoms with van der Waals surface area (Å²) >= 11 is 0. The van der Waals surface area contributed by atoms with E-state index in [2.05, 4.69) is 20.4 Å². The minimum absolute atomic E-state index is 0.525. The summed E-state index contributed by atoms with van der Waals surface area (Å²) in [4.78, 5) is 0. The lowest BCUT2D eigenvalue weighted by atomic mass is 10.6. The van der Waals surface area contributed by atoms with Crippen molar-refractivity contribution >= 4 is 8.56 Å². The third kappa shape index (κ3) is 2.40. The van der Waals surface area contributed by atoms with E-state index in [1.165, 1.54) is 0 Å². The SMILES string of the molecule is CCO[Si](C)(OC)C(C)C. The van der Waals surface area contributed by atoms with E-state index in [1.807, 2.05) is 6.92 Å². The Bertz CT molecular complexity index is 95.6. The third-order valence-electron chi connectivity index (χ3n) is 1.88. The second-order valence-electron chi connectivity index (χ2n) is 2.81. The summed E-state index contributed by atoms with van der Waals surface area (Å²) in [5.41, 5.74) is 0.525. The van der Waals surface area contributed by atoms with Crippen LogP contribution in [0.2, 0.25) is 12.1 Å². The van der Waals surface area contributed by atoms with E-state index in [0.29, 0.717) is 5.54 Å². The van der Waals surface area contributed by atoms with Gasteiger partial charge in [-0.15, -0.1) is 0 Å². The maximum atomic E-state index is 5.56. The molecule has 0 rings (SSSR count). The molecule has 0 aliphatic heterocycles. The molecule has 0 fully saturated rings. The van der Waals surface area contributed by atoms with Crippen LogP contribution in [-0.2, 0) is 8.85 Å². The zero-order valence-corrected chi connectivity index (χ0v) is 8.60. The first kappa shape index (κ1) is 10.1. The van der Waals surface area contributed by atoms with Crippen LogP contribution in [0.15, 0.2) is 0 Å². The van der Waals surface area contributed by atoms with E-state index in [9.17, 15) is 0 Å². The minimum atomic E-state index is -1.80. The average Bonchev–Trinajstić information content (AvgIpc) is 1.88. The molecule has 0 spiro atoms. The highest BCUT2D eigenvalue weighted by Crippen LogP contribution is 2.21. The number of rotatable bonds is 4. The van der Waals surface area contributed by atoms with Crippen molar-refractivity contribution in [2.24, 2.45) is 0 Å². The van der Waals surface area contributed by atoms with Crippen LogP contribution in [0, 0.1) is 0 Å². The van der Waals surface area contributed by atoms with Crippen LogP contribution in [-0.4, -0.2) is 22.3 Å². The first-order chi connectivity index (χ1) is 4.56. The maximum absolute atomic E-state index is 5.56. The van der Waals surface area contributed by atoms with E-state index in [0.717, 1.165) is 6.61 Å². The van der Waals surface area contributed by atoms with Gasteiger partial charge in [-0.3, -0.25) is 0 Å². The average molecular weight is 162 g/mol. The first-order valence-corrected chi connectivity index (χ1v) is 6.15. The van der Waals surface area contributed by atoms with Gasteiger partial charge in [0.05, 0.1) is 0 Å². The fraction of sp³-hybridized carbons (Fsp3) is 1.00. The smallest absolute Gasteiger partial charge is 0.337 e. The van der Waals surface area contributed by atoms with Crippen LogP contribution in [0.25, 0.3) is 0 Å². The number of hydrogen-bond acceptors (Lipinski definition) is 2. The van der Waals surface area contributed by atoms with E-state index < -0.39 is 8.56 Å². The molecule has 2 nitrogen and oxygen atoms in total. The van der Waals surface area contributed by atoms with Gasteiger partial charge in [0.25, 0.3) is 0 Å². The van der Waals surface area contributed by atoms with Gasteiger partial charge in [0, 0.05) is 13.7 Å². The van der Waals surface area contributed by atoms with Crippen molar-refractivity contribution in [3.8, 4) is 0 Å². The molecule has 0 N–H and O–H groups in total. The van der Waals surface area contributed by atoms with Crippen molar-refractivity contribution in [2.45, 2.75) is 32.9 Å². The lowest BCUT2D eigenvalue weighted by Gasteiger charge is -2.27. The molecule has 0 aromatic rings. The molecule has 0 bridgehead atoms. The molecule has 0 radical (unpaired) electrons. The molecular weight excluding hydrogens is 144 g/mol. The van der Waals surface area contributed by atoms with E-state index in [1.54, 1.807) is 7.11 Å². The Morgan fingerprint density at radius 3 is 2.00 bits per heavy atom. The maximum Gasteiger partial charge on any atom is 0.337 e. The van der Waals surface area contributed by atoms with Crippen LogP contribution in [0.5, 0.6) is 0 Å². The standard InChI is InChI=1S/C7H18O2Si/c1-6-9-10(5,8-4)7(2)3/h7H,6H2,1-5H3. The molecule has 10 heavy (non-hydrogen) atoms. The molecule has 0 aromatic carbocycles. The second-order valence-corrected chi connectivity index (χ2v) is 6.69. The molecule has 1 unspecified atom stereocenters. The summed E-state index contributed by atoms with van der Waals surface area (Å²) in [7, 11) is -0.0628. The van der Waals surface area contributed by atoms with Crippen LogP contribution < -0.4 is 0 Å². The molecule has 1 atom stereocenters. The Morgan fingerprint density at radius 1 is 1.40 bits per heavy atom. The third-order valence-corrected chi connectivity index (χ3v) is 5.65. The second kappa shape index (κ2) is 4.11. The summed E-state index contributed by atoms with van der Waals surface area (Å²) in [5, 5.41) is 0. The largest absolute Gasteiger partial charge is 0.398 e. The van der Waals surface area contributed by atoms with Crippen LogP contribution in [0.3, 0.4) is 0 Å². The Kier molecular flexibility index (Phi) is 4.16. The van der Waals surface area contributed by atoms with Gasteiger partial charge in [-0.25, -0.2) is 0 Å². The monoisotopic (exact) mass is 162 g/mol. The molecule has 3 heteroatoms. The summed E-state index contributed by atoms with van der Waals surface area (Å²) in [6, 6.07) is 0. The van der Waals surface area contributed by atoms with Crippen molar-refractivity contribution in [3.05, 3.63) is 0 Å². The molecule has 0 saturated heterocycles. The first-order valence-electron chi connectivity index (χ1n) is 3.76. The fourth-order valence-electron chi connectivity index (χ4n) is 0.748. The molecule has 0 saturated carbocycles. The van der Waals surface area contributed by atoms with Crippen LogP contribution in [0.4, 0.5) is 0 Å². The summed E-state index contributed by atoms with van der Waals surface area (Å²) in [5.74, 6) is 0. The van der Waals surface area contributed by atoms with E-state index in [-0.39, 0.29) is 0 Å². The number of hydrogen-bond donors (Lipinski definition) is 0. The van der Waals surface area contributed by atoms with Gasteiger partial charge < -0.3 is 8.85 Å². The van der Waals surface area contributed by atoms with Gasteiger partial charge in [-0.2, -0.15) is 0 Å². The molecule has 0 amide bonds. The molecule has 0 aliphatic rings. The van der Waals surface area contributed by atoms with Crippen molar-refractivity contribution < 1.29 is 8.85 Å². The highest BCUT2D eigenvalue weighted by atomic mass is 28.4. The van der Waals surface area contributed by atoms with Gasteiger partial charge in [-0.1, -0.05) is 13.8 Å². The summed E-state index contributed by atoms with van der Waals surface area (Å²) < 4.78 is 10.9. The highest BCUT2D eigenvalue weighted by Gasteiger charge is 2.33. The lowest BCUT2D eigenvalue weighted by Crippen LogP contribution is -2.40. The van der Waals surface area contributed by atoms with Gasteiger partial charge in [-0.05, 0) is 19.0 Å². The van der Waals surface area contributed by atoms with E-state index >= 15 is 0 Å². The van der Waals surface area contributed by atoms with Crippen molar-refractivity contribution in [1.29, 1.82) is 0 Å². The molecular formula is C7H18O2Si. The Balaban J connectivity index is 3.94. The van der Waals surface area contributed by atoms with Gasteiger partial charge in [0.2, 0.25) is 0 Å². The van der Waals surface area contributed by atoms with Crippen molar-refractivity contribution in [2.75, 3.05) is 13.7 Å². The Hall–Kier alpha value is 0.137. The van der Waals surface area contributed by atoms with Gasteiger partial charge in [0.15, 0.2) is 0 Å². The zero-order valence-electron chi connectivity index (χ0n) is 7.60. The van der Waals surface area contributed by atoms with Gasteiger partial charge >= 0.3 is 8.56 Å². The minimum Gasteiger partial charge on any atom is -0.398 e. The fourth-order valence-corrected chi connectivity index (χ4v) is 2.24. The quantitative estimate of drug-likeness (QED) is 0.590. The topological polar surface area (TPSA) is 18.5 Å². The molecule has 0 aliphatic carbocycles. The lowest BCUT2D eigenvalue weighted by molar-refractivity contribution is 0.207. The predicted molar refractivity (Wildman–Crippen MR) is 45.4 cm³/mol.